The molecular weight excluding hydrogens is 401 g/mol. The first-order valence-electron chi connectivity index (χ1n) is 9.13. The van der Waals surface area contributed by atoms with Crippen molar-refractivity contribution in [2.24, 2.45) is 5.92 Å². The summed E-state index contributed by atoms with van der Waals surface area (Å²) in [6.07, 6.45) is 4.90. The Morgan fingerprint density at radius 2 is 2.07 bits per heavy atom. The third-order valence-corrected chi connectivity index (χ3v) is 4.50. The first-order chi connectivity index (χ1) is 13.9. The molecule has 0 aliphatic heterocycles. The number of pyridine rings is 1. The second kappa shape index (κ2) is 11.3. The molecule has 2 N–H and O–H groups in total. The van der Waals surface area contributed by atoms with Crippen LogP contribution in [0.25, 0.3) is 0 Å². The number of ether oxygens (including phenoxy) is 1. The molecule has 0 saturated carbocycles. The van der Waals surface area contributed by atoms with Gasteiger partial charge in [0.05, 0.1) is 25.3 Å². The molecule has 0 bridgehead atoms. The molecule has 0 spiro atoms. The van der Waals surface area contributed by atoms with Gasteiger partial charge in [-0.15, -0.1) is 0 Å². The highest BCUT2D eigenvalue weighted by Gasteiger charge is 2.15. The van der Waals surface area contributed by atoms with E-state index in [-0.39, 0.29) is 53.1 Å². The van der Waals surface area contributed by atoms with Gasteiger partial charge in [0, 0.05) is 12.6 Å². The Morgan fingerprint density at radius 1 is 1.28 bits per heavy atom. The molecule has 10 heteroatoms. The Hall–Kier alpha value is -2.81. The van der Waals surface area contributed by atoms with E-state index in [1.807, 2.05) is 0 Å². The van der Waals surface area contributed by atoms with Crippen LogP contribution in [0, 0.1) is 11.7 Å². The molecule has 156 valence electrons. The van der Waals surface area contributed by atoms with Crippen LogP contribution in [0.15, 0.2) is 24.7 Å². The van der Waals surface area contributed by atoms with Gasteiger partial charge < -0.3 is 15.4 Å². The van der Waals surface area contributed by atoms with Gasteiger partial charge in [-0.05, 0) is 25.0 Å². The summed E-state index contributed by atoms with van der Waals surface area (Å²) in [5.74, 6) is -0.917. The van der Waals surface area contributed by atoms with Crippen molar-refractivity contribution in [2.45, 2.75) is 39.2 Å². The molecule has 29 heavy (non-hydrogen) atoms. The van der Waals surface area contributed by atoms with Crippen LogP contribution in [-0.2, 0) is 20.9 Å². The Bertz CT molecular complexity index is 852. The number of hydrogen-bond donors (Lipinski definition) is 2. The Balaban J connectivity index is 1.90. The molecule has 2 heterocycles. The Labute approximate surface area is 173 Å². The number of carbonyl (C=O) groups is 2. The summed E-state index contributed by atoms with van der Waals surface area (Å²) < 4.78 is 18.4. The predicted octanol–water partition coefficient (Wildman–Crippen LogP) is 3.58. The largest absolute Gasteiger partial charge is 0.469 e. The maximum atomic E-state index is 13.7. The van der Waals surface area contributed by atoms with Crippen LogP contribution >= 0.6 is 11.6 Å². The van der Waals surface area contributed by atoms with Crippen LogP contribution in [0.2, 0.25) is 5.15 Å². The average Bonchev–Trinajstić information content (AvgIpc) is 2.71. The lowest BCUT2D eigenvalue weighted by Gasteiger charge is -2.13. The number of methoxy groups -OCH3 is 1. The number of esters is 1. The molecule has 0 aliphatic carbocycles. The first-order valence-corrected chi connectivity index (χ1v) is 9.51. The fraction of sp³-hybridized carbons (Fsp3) is 0.421. The summed E-state index contributed by atoms with van der Waals surface area (Å²) in [5.41, 5.74) is 0.428. The van der Waals surface area contributed by atoms with Crippen molar-refractivity contribution in [1.82, 2.24) is 15.0 Å². The maximum Gasteiger partial charge on any atom is 0.308 e. The van der Waals surface area contributed by atoms with E-state index in [4.69, 9.17) is 11.6 Å². The molecular formula is C19H23ClFN5O3. The summed E-state index contributed by atoms with van der Waals surface area (Å²) in [6.45, 7) is 1.85. The van der Waals surface area contributed by atoms with E-state index in [0.29, 0.717) is 19.3 Å². The molecule has 0 unspecified atom stereocenters. The minimum atomic E-state index is -0.452. The highest BCUT2D eigenvalue weighted by Crippen LogP contribution is 2.27. The number of nitrogens with zero attached hydrogens (tertiary/aromatic N) is 3. The SMILES string of the molecule is COC(=O)[C@@H](C)CCCCC(=O)Nc1c(Cl)ncnc1NCc1ncccc1F. The van der Waals surface area contributed by atoms with Crippen molar-refractivity contribution in [2.75, 3.05) is 17.7 Å². The average molecular weight is 424 g/mol. The molecule has 0 aliphatic rings. The third-order valence-electron chi connectivity index (χ3n) is 4.22. The van der Waals surface area contributed by atoms with Crippen LogP contribution in [0.1, 0.15) is 38.3 Å². The minimum Gasteiger partial charge on any atom is -0.469 e. The van der Waals surface area contributed by atoms with Gasteiger partial charge in [0.25, 0.3) is 0 Å². The van der Waals surface area contributed by atoms with Crippen LogP contribution in [0.3, 0.4) is 0 Å². The molecule has 2 aromatic heterocycles. The number of hydrogen-bond acceptors (Lipinski definition) is 7. The van der Waals surface area contributed by atoms with E-state index in [1.54, 1.807) is 6.92 Å². The number of nitrogens with one attached hydrogen (secondary N) is 2. The molecule has 0 saturated heterocycles. The standard InChI is InChI=1S/C19H23ClFN5O3/c1-12(19(28)29-2)6-3-4-8-15(27)26-16-17(20)24-11-25-18(16)23-10-14-13(21)7-5-9-22-14/h5,7,9,11-12H,3-4,6,8,10H2,1-2H3,(H,26,27)(H,23,24,25)/t12-/m0/s1. The first kappa shape index (κ1) is 22.5. The molecule has 1 amide bonds. The number of amides is 1. The molecule has 0 aromatic carbocycles. The maximum absolute atomic E-state index is 13.7. The second-order valence-electron chi connectivity index (χ2n) is 6.39. The van der Waals surface area contributed by atoms with Gasteiger partial charge in [-0.3, -0.25) is 14.6 Å². The van der Waals surface area contributed by atoms with Crippen molar-refractivity contribution in [3.05, 3.63) is 41.3 Å². The van der Waals surface area contributed by atoms with Crippen molar-refractivity contribution in [3.63, 3.8) is 0 Å². The van der Waals surface area contributed by atoms with E-state index < -0.39 is 5.82 Å². The van der Waals surface area contributed by atoms with Crippen molar-refractivity contribution in [1.29, 1.82) is 0 Å². The van der Waals surface area contributed by atoms with Gasteiger partial charge in [-0.25, -0.2) is 14.4 Å². The van der Waals surface area contributed by atoms with Crippen molar-refractivity contribution in [3.8, 4) is 0 Å². The summed E-state index contributed by atoms with van der Waals surface area (Å²) in [4.78, 5) is 35.5. The lowest BCUT2D eigenvalue weighted by Crippen LogP contribution is -2.16. The van der Waals surface area contributed by atoms with E-state index in [2.05, 4.69) is 30.3 Å². The number of halogens is 2. The second-order valence-corrected chi connectivity index (χ2v) is 6.75. The van der Waals surface area contributed by atoms with E-state index in [0.717, 1.165) is 0 Å². The van der Waals surface area contributed by atoms with Crippen LogP contribution < -0.4 is 10.6 Å². The molecule has 1 atom stereocenters. The monoisotopic (exact) mass is 423 g/mol. The summed E-state index contributed by atoms with van der Waals surface area (Å²) in [6, 6.07) is 2.80. The smallest absolute Gasteiger partial charge is 0.308 e. The van der Waals surface area contributed by atoms with Gasteiger partial charge in [0.2, 0.25) is 5.91 Å². The summed E-state index contributed by atoms with van der Waals surface area (Å²) >= 11 is 6.09. The van der Waals surface area contributed by atoms with Gasteiger partial charge in [-0.1, -0.05) is 24.9 Å². The van der Waals surface area contributed by atoms with Gasteiger partial charge in [0.1, 0.15) is 17.8 Å². The fourth-order valence-electron chi connectivity index (χ4n) is 2.58. The number of carbonyl (C=O) groups excluding carboxylic acids is 2. The topological polar surface area (TPSA) is 106 Å². The van der Waals surface area contributed by atoms with E-state index >= 15 is 0 Å². The zero-order valence-corrected chi connectivity index (χ0v) is 17.0. The minimum absolute atomic E-state index is 0.0638. The highest BCUT2D eigenvalue weighted by molar-refractivity contribution is 6.33. The summed E-state index contributed by atoms with van der Waals surface area (Å²) in [5, 5.41) is 5.67. The Kier molecular flexibility index (Phi) is 8.72. The predicted molar refractivity (Wildman–Crippen MR) is 107 cm³/mol. The Morgan fingerprint density at radius 3 is 2.79 bits per heavy atom. The van der Waals surface area contributed by atoms with E-state index in [9.17, 15) is 14.0 Å². The lowest BCUT2D eigenvalue weighted by molar-refractivity contribution is -0.145. The van der Waals surface area contributed by atoms with Crippen LogP contribution in [0.5, 0.6) is 0 Å². The summed E-state index contributed by atoms with van der Waals surface area (Å²) in [7, 11) is 1.35. The lowest BCUT2D eigenvalue weighted by atomic mass is 10.0. The van der Waals surface area contributed by atoms with Gasteiger partial charge in [-0.2, -0.15) is 0 Å². The number of aromatic nitrogens is 3. The molecule has 2 rings (SSSR count). The number of rotatable bonds is 10. The van der Waals surface area contributed by atoms with Gasteiger partial charge in [0.15, 0.2) is 11.0 Å². The molecule has 8 nitrogen and oxygen atoms in total. The zero-order valence-electron chi connectivity index (χ0n) is 16.2. The third kappa shape index (κ3) is 6.94. The van der Waals surface area contributed by atoms with Gasteiger partial charge >= 0.3 is 5.97 Å². The highest BCUT2D eigenvalue weighted by atomic mass is 35.5. The van der Waals surface area contributed by atoms with Crippen molar-refractivity contribution < 1.29 is 18.7 Å². The number of unbranched alkanes of at least 4 members (excludes halogenated alkanes) is 1. The van der Waals surface area contributed by atoms with Crippen LogP contribution in [-0.4, -0.2) is 33.9 Å². The fourth-order valence-corrected chi connectivity index (χ4v) is 2.76. The molecule has 2 aromatic rings. The number of anilines is 2. The molecule has 0 radical (unpaired) electrons. The molecule has 0 fully saturated rings. The normalized spacial score (nSPS) is 11.6. The van der Waals surface area contributed by atoms with E-state index in [1.165, 1.54) is 31.8 Å². The van der Waals surface area contributed by atoms with Crippen LogP contribution in [0.4, 0.5) is 15.9 Å². The van der Waals surface area contributed by atoms with Crippen molar-refractivity contribution >= 4 is 35.0 Å². The zero-order chi connectivity index (χ0) is 21.2. The quantitative estimate of drug-likeness (QED) is 0.341.